The van der Waals surface area contributed by atoms with Crippen molar-refractivity contribution in [1.82, 2.24) is 0 Å². The third-order valence-corrected chi connectivity index (χ3v) is 7.82. The van der Waals surface area contributed by atoms with E-state index in [0.29, 0.717) is 15.8 Å². The van der Waals surface area contributed by atoms with Crippen molar-refractivity contribution < 1.29 is 8.42 Å². The minimum atomic E-state index is -3.04. The quantitative estimate of drug-likeness (QED) is 0.734. The Balaban J connectivity index is 1.61. The summed E-state index contributed by atoms with van der Waals surface area (Å²) in [6.07, 6.45) is 0. The Morgan fingerprint density at radius 3 is 2.62 bits per heavy atom. The molecule has 2 aromatic carbocycles. The SMILES string of the molecule is O=S1(=O)C[C@@H]2N=C(SCc3ccc(Cl)cc3Cl)N(c3ccccc3)[C@@H]2C1. The lowest BCUT2D eigenvalue weighted by molar-refractivity contribution is 0.601. The maximum absolute atomic E-state index is 12.1. The maximum atomic E-state index is 12.1. The number of rotatable bonds is 3. The fraction of sp³-hybridized carbons (Fsp3) is 0.278. The van der Waals surface area contributed by atoms with Gasteiger partial charge in [0.15, 0.2) is 15.0 Å². The van der Waals surface area contributed by atoms with Gasteiger partial charge in [-0.05, 0) is 29.8 Å². The first-order valence-corrected chi connectivity index (χ1v) is 11.7. The van der Waals surface area contributed by atoms with Crippen LogP contribution in [0.25, 0.3) is 0 Å². The summed E-state index contributed by atoms with van der Waals surface area (Å²) in [6, 6.07) is 14.9. The van der Waals surface area contributed by atoms with Crippen LogP contribution < -0.4 is 4.90 Å². The van der Waals surface area contributed by atoms with E-state index >= 15 is 0 Å². The molecule has 4 rings (SSSR count). The normalized spacial score (nSPS) is 23.8. The molecule has 2 aliphatic rings. The van der Waals surface area contributed by atoms with Crippen molar-refractivity contribution in [3.63, 3.8) is 0 Å². The second-order valence-electron chi connectivity index (χ2n) is 6.35. The van der Waals surface area contributed by atoms with Gasteiger partial charge < -0.3 is 4.90 Å². The molecule has 0 radical (unpaired) electrons. The van der Waals surface area contributed by atoms with Crippen LogP contribution in [0, 0.1) is 0 Å². The van der Waals surface area contributed by atoms with Crippen LogP contribution in [-0.2, 0) is 15.6 Å². The summed E-state index contributed by atoms with van der Waals surface area (Å²) >= 11 is 13.8. The standard InChI is InChI=1S/C18H16Cl2N2O2S2/c19-13-7-6-12(15(20)8-13)9-25-18-21-16-10-26(23,24)11-17(16)22(18)14-4-2-1-3-5-14/h1-8,16-17H,9-11H2/t16-,17+/m0/s1. The van der Waals surface area contributed by atoms with Gasteiger partial charge in [0.2, 0.25) is 0 Å². The predicted molar refractivity (Wildman–Crippen MR) is 110 cm³/mol. The van der Waals surface area contributed by atoms with Crippen LogP contribution in [0.3, 0.4) is 0 Å². The molecule has 1 fully saturated rings. The minimum Gasteiger partial charge on any atom is -0.315 e. The molecule has 0 N–H and O–H groups in total. The molecule has 0 unspecified atom stereocenters. The summed E-state index contributed by atoms with van der Waals surface area (Å²) in [6.45, 7) is 0. The van der Waals surface area contributed by atoms with Crippen molar-refractivity contribution >= 4 is 55.7 Å². The monoisotopic (exact) mass is 426 g/mol. The third kappa shape index (κ3) is 3.60. The van der Waals surface area contributed by atoms with Crippen LogP contribution >= 0.6 is 35.0 Å². The van der Waals surface area contributed by atoms with E-state index in [1.807, 2.05) is 42.5 Å². The lowest BCUT2D eigenvalue weighted by Crippen LogP contribution is -2.39. The number of amidine groups is 1. The van der Waals surface area contributed by atoms with Crippen LogP contribution in [-0.4, -0.2) is 37.2 Å². The molecule has 0 saturated carbocycles. The number of aliphatic imine (C=N–C) groups is 1. The van der Waals surface area contributed by atoms with E-state index in [9.17, 15) is 8.42 Å². The van der Waals surface area contributed by atoms with E-state index in [-0.39, 0.29) is 23.6 Å². The molecule has 0 spiro atoms. The Hall–Kier alpha value is -1.21. The van der Waals surface area contributed by atoms with Gasteiger partial charge in [0.05, 0.1) is 23.6 Å². The van der Waals surface area contributed by atoms with Gasteiger partial charge in [-0.3, -0.25) is 4.99 Å². The molecule has 1 saturated heterocycles. The number of benzene rings is 2. The van der Waals surface area contributed by atoms with Crippen molar-refractivity contribution in [2.24, 2.45) is 4.99 Å². The molecule has 136 valence electrons. The van der Waals surface area contributed by atoms with Crippen LogP contribution in [0.1, 0.15) is 5.56 Å². The second kappa shape index (κ2) is 7.08. The van der Waals surface area contributed by atoms with E-state index in [0.717, 1.165) is 16.4 Å². The number of nitrogens with zero attached hydrogens (tertiary/aromatic N) is 2. The fourth-order valence-electron chi connectivity index (χ4n) is 3.30. The number of hydrogen-bond donors (Lipinski definition) is 0. The van der Waals surface area contributed by atoms with E-state index in [1.165, 1.54) is 0 Å². The molecule has 2 aliphatic heterocycles. The number of fused-ring (bicyclic) bond motifs is 1. The highest BCUT2D eigenvalue weighted by Crippen LogP contribution is 2.36. The number of thioether (sulfide) groups is 1. The topological polar surface area (TPSA) is 49.7 Å². The molecule has 0 amide bonds. The van der Waals surface area contributed by atoms with Crippen molar-refractivity contribution in [1.29, 1.82) is 0 Å². The van der Waals surface area contributed by atoms with Crippen molar-refractivity contribution in [2.45, 2.75) is 17.8 Å². The first-order chi connectivity index (χ1) is 12.4. The van der Waals surface area contributed by atoms with Gasteiger partial charge in [-0.25, -0.2) is 8.42 Å². The predicted octanol–water partition coefficient (Wildman–Crippen LogP) is 4.27. The van der Waals surface area contributed by atoms with Crippen molar-refractivity contribution in [3.05, 3.63) is 64.1 Å². The summed E-state index contributed by atoms with van der Waals surface area (Å²) in [5, 5.41) is 2.07. The molecule has 4 nitrogen and oxygen atoms in total. The van der Waals surface area contributed by atoms with Gasteiger partial charge in [0.25, 0.3) is 0 Å². The maximum Gasteiger partial charge on any atom is 0.164 e. The van der Waals surface area contributed by atoms with Gasteiger partial charge >= 0.3 is 0 Å². The Morgan fingerprint density at radius 2 is 1.88 bits per heavy atom. The molecule has 2 aromatic rings. The minimum absolute atomic E-state index is 0.118. The van der Waals surface area contributed by atoms with Gasteiger partial charge in [0, 0.05) is 21.5 Å². The first kappa shape index (κ1) is 18.2. The van der Waals surface area contributed by atoms with Gasteiger partial charge in [0.1, 0.15) is 0 Å². The highest BCUT2D eigenvalue weighted by Gasteiger charge is 2.47. The summed E-state index contributed by atoms with van der Waals surface area (Å²) in [4.78, 5) is 6.78. The largest absolute Gasteiger partial charge is 0.315 e. The molecule has 8 heteroatoms. The Morgan fingerprint density at radius 1 is 1.12 bits per heavy atom. The molecular formula is C18H16Cl2N2O2S2. The molecular weight excluding hydrogens is 411 g/mol. The highest BCUT2D eigenvalue weighted by molar-refractivity contribution is 8.13. The number of halogens is 2. The van der Waals surface area contributed by atoms with Crippen molar-refractivity contribution in [2.75, 3.05) is 16.4 Å². The lowest BCUT2D eigenvalue weighted by atomic mass is 10.1. The smallest absolute Gasteiger partial charge is 0.164 e. The van der Waals surface area contributed by atoms with E-state index < -0.39 is 9.84 Å². The van der Waals surface area contributed by atoms with Crippen molar-refractivity contribution in [3.8, 4) is 0 Å². The van der Waals surface area contributed by atoms with Gasteiger partial charge in [-0.1, -0.05) is 59.2 Å². The number of para-hydroxylation sites is 1. The van der Waals surface area contributed by atoms with Crippen LogP contribution in [0.15, 0.2) is 53.5 Å². The Labute approximate surface area is 167 Å². The zero-order valence-electron chi connectivity index (χ0n) is 13.7. The molecule has 2 atom stereocenters. The molecule has 0 aromatic heterocycles. The highest BCUT2D eigenvalue weighted by atomic mass is 35.5. The summed E-state index contributed by atoms with van der Waals surface area (Å²) in [5.74, 6) is 0.902. The number of sulfone groups is 1. The zero-order chi connectivity index (χ0) is 18.3. The average molecular weight is 427 g/mol. The average Bonchev–Trinajstić information content (AvgIpc) is 3.06. The lowest BCUT2D eigenvalue weighted by Gasteiger charge is -2.26. The van der Waals surface area contributed by atoms with Crippen LogP contribution in [0.4, 0.5) is 5.69 Å². The van der Waals surface area contributed by atoms with Gasteiger partial charge in [-0.2, -0.15) is 0 Å². The fourth-order valence-corrected chi connectivity index (χ4v) is 6.83. The second-order valence-corrected chi connectivity index (χ2v) is 10.3. The van der Waals surface area contributed by atoms with Crippen LogP contribution in [0.2, 0.25) is 10.0 Å². The zero-order valence-corrected chi connectivity index (χ0v) is 16.8. The van der Waals surface area contributed by atoms with Crippen LogP contribution in [0.5, 0.6) is 0 Å². The Bertz CT molecular complexity index is 964. The first-order valence-electron chi connectivity index (χ1n) is 8.12. The summed E-state index contributed by atoms with van der Waals surface area (Å²) < 4.78 is 24.1. The van der Waals surface area contributed by atoms with E-state index in [4.69, 9.17) is 28.2 Å². The number of hydrogen-bond acceptors (Lipinski definition) is 5. The molecule has 0 bridgehead atoms. The number of anilines is 1. The third-order valence-electron chi connectivity index (χ3n) is 4.51. The molecule has 26 heavy (non-hydrogen) atoms. The van der Waals surface area contributed by atoms with E-state index in [2.05, 4.69) is 4.90 Å². The molecule has 2 heterocycles. The molecule has 0 aliphatic carbocycles. The van der Waals surface area contributed by atoms with E-state index in [1.54, 1.807) is 17.8 Å². The van der Waals surface area contributed by atoms with Gasteiger partial charge in [-0.15, -0.1) is 0 Å². The Kier molecular flexibility index (Phi) is 4.94. The summed E-state index contributed by atoms with van der Waals surface area (Å²) in [5.41, 5.74) is 1.94. The summed E-state index contributed by atoms with van der Waals surface area (Å²) in [7, 11) is -3.04.